The molecule has 0 radical (unpaired) electrons. The molecule has 22 heavy (non-hydrogen) atoms. The number of aromatic nitrogens is 3. The molecule has 2 heterocycles. The van der Waals surface area contributed by atoms with Gasteiger partial charge in [0.05, 0.1) is 6.04 Å². The van der Waals surface area contributed by atoms with Gasteiger partial charge in [-0.3, -0.25) is 4.98 Å². The Hall–Kier alpha value is -1.80. The van der Waals surface area contributed by atoms with Crippen molar-refractivity contribution < 1.29 is 12.9 Å². The zero-order valence-corrected chi connectivity index (χ0v) is 13.1. The molecule has 2 aromatic rings. The van der Waals surface area contributed by atoms with Crippen molar-refractivity contribution in [3.05, 3.63) is 36.2 Å². The fraction of sp³-hybridized carbons (Fsp3) is 0.500. The molecule has 7 nitrogen and oxygen atoms in total. The first-order valence-corrected chi connectivity index (χ1v) is 8.80. The normalized spacial score (nSPS) is 17.7. The van der Waals surface area contributed by atoms with Crippen molar-refractivity contribution in [2.75, 3.05) is 0 Å². The summed E-state index contributed by atoms with van der Waals surface area (Å²) < 4.78 is 32.2. The minimum Gasteiger partial charge on any atom is -0.338 e. The average molecular weight is 322 g/mol. The molecule has 0 saturated heterocycles. The van der Waals surface area contributed by atoms with E-state index in [4.69, 9.17) is 4.52 Å². The van der Waals surface area contributed by atoms with Gasteiger partial charge in [-0.15, -0.1) is 0 Å². The Morgan fingerprint density at radius 1 is 1.36 bits per heavy atom. The second kappa shape index (κ2) is 6.13. The van der Waals surface area contributed by atoms with Crippen molar-refractivity contribution in [2.45, 2.75) is 49.5 Å². The third kappa shape index (κ3) is 3.17. The van der Waals surface area contributed by atoms with Crippen LogP contribution in [0, 0.1) is 0 Å². The number of sulfonamides is 1. The van der Waals surface area contributed by atoms with Gasteiger partial charge >= 0.3 is 0 Å². The van der Waals surface area contributed by atoms with Crippen molar-refractivity contribution in [1.29, 1.82) is 0 Å². The maximum Gasteiger partial charge on any atom is 0.244 e. The second-order valence-corrected chi connectivity index (χ2v) is 7.22. The molecule has 118 valence electrons. The van der Waals surface area contributed by atoms with E-state index in [1.165, 1.54) is 31.3 Å². The van der Waals surface area contributed by atoms with Gasteiger partial charge in [-0.25, -0.2) is 8.42 Å². The molecule has 1 fully saturated rings. The standard InChI is InChI=1S/C14H18N4O3S/c1-10(18-22(19,20)12-7-4-8-15-9-12)14-16-13(17-21-14)11-5-2-3-6-11/h4,7-11,18H,2-3,5-6H2,1H3. The Morgan fingerprint density at radius 3 is 2.82 bits per heavy atom. The summed E-state index contributed by atoms with van der Waals surface area (Å²) in [6, 6.07) is 2.47. The molecular formula is C14H18N4O3S. The van der Waals surface area contributed by atoms with Gasteiger partial charge in [0.25, 0.3) is 0 Å². The summed E-state index contributed by atoms with van der Waals surface area (Å²) in [5, 5.41) is 3.99. The van der Waals surface area contributed by atoms with Gasteiger partial charge in [-0.2, -0.15) is 9.71 Å². The summed E-state index contributed by atoms with van der Waals surface area (Å²) in [6.07, 6.45) is 7.31. The van der Waals surface area contributed by atoms with E-state index in [0.717, 1.165) is 12.8 Å². The van der Waals surface area contributed by atoms with Crippen molar-refractivity contribution in [3.8, 4) is 0 Å². The first-order chi connectivity index (χ1) is 10.6. The Labute approximate surface area is 129 Å². The monoisotopic (exact) mass is 322 g/mol. The Bertz CT molecular complexity index is 724. The third-order valence-electron chi connectivity index (χ3n) is 3.82. The topological polar surface area (TPSA) is 98.0 Å². The molecule has 0 amide bonds. The van der Waals surface area contributed by atoms with Crippen LogP contribution in [-0.4, -0.2) is 23.5 Å². The molecule has 1 aliphatic carbocycles. The van der Waals surface area contributed by atoms with Crippen molar-refractivity contribution in [1.82, 2.24) is 19.8 Å². The van der Waals surface area contributed by atoms with Crippen LogP contribution < -0.4 is 4.72 Å². The minimum absolute atomic E-state index is 0.109. The van der Waals surface area contributed by atoms with E-state index in [1.807, 2.05) is 0 Å². The molecule has 1 unspecified atom stereocenters. The highest BCUT2D eigenvalue weighted by Crippen LogP contribution is 2.32. The van der Waals surface area contributed by atoms with Crippen LogP contribution in [0.2, 0.25) is 0 Å². The van der Waals surface area contributed by atoms with Crippen LogP contribution in [0.25, 0.3) is 0 Å². The summed E-state index contributed by atoms with van der Waals surface area (Å²) in [5.74, 6) is 1.30. The quantitative estimate of drug-likeness (QED) is 0.906. The first-order valence-electron chi connectivity index (χ1n) is 7.32. The van der Waals surface area contributed by atoms with Gasteiger partial charge in [0.1, 0.15) is 4.90 Å². The van der Waals surface area contributed by atoms with Gasteiger partial charge < -0.3 is 4.52 Å². The number of pyridine rings is 1. The highest BCUT2D eigenvalue weighted by molar-refractivity contribution is 7.89. The minimum atomic E-state index is -3.66. The van der Waals surface area contributed by atoms with E-state index < -0.39 is 16.1 Å². The lowest BCUT2D eigenvalue weighted by molar-refractivity contribution is 0.347. The largest absolute Gasteiger partial charge is 0.338 e. The molecule has 0 spiro atoms. The fourth-order valence-corrected chi connectivity index (χ4v) is 3.79. The summed E-state index contributed by atoms with van der Waals surface area (Å²) in [4.78, 5) is 8.28. The molecule has 0 aromatic carbocycles. The smallest absolute Gasteiger partial charge is 0.244 e. The Morgan fingerprint density at radius 2 is 2.14 bits per heavy atom. The van der Waals surface area contributed by atoms with E-state index in [9.17, 15) is 8.42 Å². The van der Waals surface area contributed by atoms with Gasteiger partial charge in [-0.1, -0.05) is 18.0 Å². The maximum absolute atomic E-state index is 12.2. The fourth-order valence-electron chi connectivity index (χ4n) is 2.63. The van der Waals surface area contributed by atoms with Crippen LogP contribution in [0.1, 0.15) is 56.3 Å². The highest BCUT2D eigenvalue weighted by atomic mass is 32.2. The number of hydrogen-bond acceptors (Lipinski definition) is 6. The molecule has 1 N–H and O–H groups in total. The number of nitrogens with one attached hydrogen (secondary N) is 1. The van der Waals surface area contributed by atoms with E-state index in [2.05, 4.69) is 19.8 Å². The Balaban J connectivity index is 1.73. The number of nitrogens with zero attached hydrogens (tertiary/aromatic N) is 3. The van der Waals surface area contributed by atoms with Crippen LogP contribution in [0.3, 0.4) is 0 Å². The maximum atomic E-state index is 12.2. The van der Waals surface area contributed by atoms with Crippen LogP contribution >= 0.6 is 0 Å². The SMILES string of the molecule is CC(NS(=O)(=O)c1cccnc1)c1nc(C2CCCC2)no1. The zero-order valence-electron chi connectivity index (χ0n) is 12.3. The summed E-state index contributed by atoms with van der Waals surface area (Å²) >= 11 is 0. The van der Waals surface area contributed by atoms with E-state index in [-0.39, 0.29) is 10.8 Å². The van der Waals surface area contributed by atoms with Crippen molar-refractivity contribution in [2.24, 2.45) is 0 Å². The molecule has 1 atom stereocenters. The summed E-state index contributed by atoms with van der Waals surface area (Å²) in [7, 11) is -3.66. The number of rotatable bonds is 5. The van der Waals surface area contributed by atoms with Gasteiger partial charge in [0.2, 0.25) is 15.9 Å². The summed E-state index contributed by atoms with van der Waals surface area (Å²) in [5.41, 5.74) is 0. The molecule has 3 rings (SSSR count). The predicted octanol–water partition coefficient (Wildman–Crippen LogP) is 2.16. The molecule has 1 aliphatic rings. The lowest BCUT2D eigenvalue weighted by atomic mass is 10.1. The van der Waals surface area contributed by atoms with Crippen molar-refractivity contribution >= 4 is 10.0 Å². The first kappa shape index (κ1) is 15.1. The molecule has 1 saturated carbocycles. The molecule has 2 aromatic heterocycles. The molecule has 0 aliphatic heterocycles. The van der Waals surface area contributed by atoms with E-state index in [1.54, 1.807) is 13.0 Å². The lowest BCUT2D eigenvalue weighted by Crippen LogP contribution is -2.27. The van der Waals surface area contributed by atoms with Gasteiger partial charge in [0, 0.05) is 18.3 Å². The van der Waals surface area contributed by atoms with Crippen molar-refractivity contribution in [3.63, 3.8) is 0 Å². The summed E-state index contributed by atoms with van der Waals surface area (Å²) in [6.45, 7) is 1.68. The van der Waals surface area contributed by atoms with Crippen LogP contribution in [0.15, 0.2) is 33.9 Å². The van der Waals surface area contributed by atoms with Crippen LogP contribution in [0.5, 0.6) is 0 Å². The van der Waals surface area contributed by atoms with E-state index in [0.29, 0.717) is 11.7 Å². The molecule has 0 bridgehead atoms. The molecule has 8 heteroatoms. The third-order valence-corrected chi connectivity index (χ3v) is 5.35. The second-order valence-electron chi connectivity index (χ2n) is 5.50. The zero-order chi connectivity index (χ0) is 15.6. The highest BCUT2D eigenvalue weighted by Gasteiger charge is 2.26. The van der Waals surface area contributed by atoms with Crippen LogP contribution in [0.4, 0.5) is 0 Å². The van der Waals surface area contributed by atoms with Gasteiger partial charge in [0.15, 0.2) is 5.82 Å². The van der Waals surface area contributed by atoms with E-state index >= 15 is 0 Å². The molecular weight excluding hydrogens is 304 g/mol. The lowest BCUT2D eigenvalue weighted by Gasteiger charge is -2.10. The van der Waals surface area contributed by atoms with Crippen LogP contribution in [-0.2, 0) is 10.0 Å². The van der Waals surface area contributed by atoms with Gasteiger partial charge in [-0.05, 0) is 31.9 Å². The average Bonchev–Trinajstić information content (AvgIpc) is 3.19. The number of hydrogen-bond donors (Lipinski definition) is 1. The Kier molecular flexibility index (Phi) is 4.21. The predicted molar refractivity (Wildman–Crippen MR) is 78.5 cm³/mol.